The van der Waals surface area contributed by atoms with E-state index in [0.717, 1.165) is 17.9 Å². The molecule has 5 nitrogen and oxygen atoms in total. The fourth-order valence-corrected chi connectivity index (χ4v) is 1.56. The number of aromatic nitrogens is 2. The third-order valence-electron chi connectivity index (χ3n) is 2.18. The van der Waals surface area contributed by atoms with Crippen molar-refractivity contribution in [1.29, 1.82) is 0 Å². The number of hydrogen-bond donors (Lipinski definition) is 1. The highest BCUT2D eigenvalue weighted by molar-refractivity contribution is 6.31. The number of nitrogens with one attached hydrogen (secondary N) is 1. The van der Waals surface area contributed by atoms with Crippen molar-refractivity contribution in [2.45, 2.75) is 26.9 Å². The van der Waals surface area contributed by atoms with Crippen LogP contribution in [-0.2, 0) is 22.7 Å². The van der Waals surface area contributed by atoms with Crippen LogP contribution >= 0.6 is 11.6 Å². The average Bonchev–Trinajstić information content (AvgIpc) is 2.56. The van der Waals surface area contributed by atoms with Gasteiger partial charge in [0.05, 0.1) is 36.2 Å². The van der Waals surface area contributed by atoms with Crippen LogP contribution in [-0.4, -0.2) is 30.1 Å². The lowest BCUT2D eigenvalue weighted by Gasteiger charge is -2.07. The molecule has 1 N–H and O–H groups in total. The molecule has 0 aliphatic carbocycles. The number of aryl methyl sites for hydroxylation is 2. The van der Waals surface area contributed by atoms with Crippen molar-refractivity contribution in [2.24, 2.45) is 0 Å². The Balaban J connectivity index is 2.46. The largest absolute Gasteiger partial charge is 0.382 e. The van der Waals surface area contributed by atoms with Gasteiger partial charge in [-0.05, 0) is 13.8 Å². The molecule has 0 aromatic carbocycles. The summed E-state index contributed by atoms with van der Waals surface area (Å²) in [5, 5.41) is 5.01. The molecule has 0 atom stereocenters. The van der Waals surface area contributed by atoms with Gasteiger partial charge in [-0.25, -0.2) is 0 Å². The van der Waals surface area contributed by atoms with Crippen LogP contribution in [0, 0.1) is 6.92 Å². The monoisotopic (exact) mass is 247 g/mol. The zero-order chi connectivity index (χ0) is 12.0. The smallest absolute Gasteiger partial charge is 0.0916 e. The third kappa shape index (κ3) is 3.45. The molecule has 1 aromatic rings. The highest BCUT2D eigenvalue weighted by atomic mass is 35.5. The highest BCUT2D eigenvalue weighted by Crippen LogP contribution is 2.19. The number of hydrogen-bond acceptors (Lipinski definition) is 4. The molecule has 0 spiro atoms. The van der Waals surface area contributed by atoms with E-state index in [1.807, 2.05) is 18.5 Å². The SMILES string of the molecule is CCn1nc(C)c(Cl)c1CNOCCOC. The van der Waals surface area contributed by atoms with E-state index >= 15 is 0 Å². The van der Waals surface area contributed by atoms with Gasteiger partial charge >= 0.3 is 0 Å². The molecule has 0 unspecified atom stereocenters. The predicted molar refractivity (Wildman–Crippen MR) is 62.3 cm³/mol. The molecular formula is C10H18ClN3O2. The van der Waals surface area contributed by atoms with Gasteiger partial charge in [-0.2, -0.15) is 10.6 Å². The summed E-state index contributed by atoms with van der Waals surface area (Å²) in [6.07, 6.45) is 0. The van der Waals surface area contributed by atoms with Gasteiger partial charge in [-0.1, -0.05) is 11.6 Å². The van der Waals surface area contributed by atoms with E-state index in [9.17, 15) is 0 Å². The Hall–Kier alpha value is -0.620. The molecule has 0 saturated heterocycles. The fraction of sp³-hybridized carbons (Fsp3) is 0.700. The quantitative estimate of drug-likeness (QED) is 0.587. The van der Waals surface area contributed by atoms with Crippen molar-refractivity contribution in [3.63, 3.8) is 0 Å². The lowest BCUT2D eigenvalue weighted by molar-refractivity contribution is 0.00249. The zero-order valence-corrected chi connectivity index (χ0v) is 10.7. The van der Waals surface area contributed by atoms with E-state index in [1.165, 1.54) is 0 Å². The molecule has 1 rings (SSSR count). The number of ether oxygens (including phenoxy) is 1. The Labute approximate surface area is 101 Å². The third-order valence-corrected chi connectivity index (χ3v) is 2.68. The Morgan fingerprint density at radius 3 is 2.81 bits per heavy atom. The van der Waals surface area contributed by atoms with Gasteiger partial charge in [0.25, 0.3) is 0 Å². The van der Waals surface area contributed by atoms with Crippen LogP contribution in [0.1, 0.15) is 18.3 Å². The number of halogens is 1. The van der Waals surface area contributed by atoms with Gasteiger partial charge in [-0.3, -0.25) is 9.52 Å². The van der Waals surface area contributed by atoms with Crippen LogP contribution in [0.5, 0.6) is 0 Å². The molecule has 92 valence electrons. The van der Waals surface area contributed by atoms with Gasteiger partial charge in [0, 0.05) is 13.7 Å². The zero-order valence-electron chi connectivity index (χ0n) is 9.92. The van der Waals surface area contributed by atoms with E-state index < -0.39 is 0 Å². The van der Waals surface area contributed by atoms with Crippen LogP contribution in [0.3, 0.4) is 0 Å². The molecule has 1 heterocycles. The van der Waals surface area contributed by atoms with E-state index in [1.54, 1.807) is 7.11 Å². The van der Waals surface area contributed by atoms with Gasteiger partial charge in [0.1, 0.15) is 0 Å². The number of rotatable bonds is 7. The first-order valence-corrected chi connectivity index (χ1v) is 5.63. The van der Waals surface area contributed by atoms with Crippen LogP contribution in [0.2, 0.25) is 5.02 Å². The molecule has 0 fully saturated rings. The predicted octanol–water partition coefficient (Wildman–Crippen LogP) is 1.53. The normalized spacial score (nSPS) is 11.0. The van der Waals surface area contributed by atoms with Crippen molar-refractivity contribution in [3.05, 3.63) is 16.4 Å². The summed E-state index contributed by atoms with van der Waals surface area (Å²) in [6, 6.07) is 0. The Kier molecular flexibility index (Phi) is 5.76. The molecule has 16 heavy (non-hydrogen) atoms. The maximum absolute atomic E-state index is 6.13. The molecule has 0 saturated carbocycles. The second kappa shape index (κ2) is 6.85. The van der Waals surface area contributed by atoms with Gasteiger partial charge < -0.3 is 4.74 Å². The van der Waals surface area contributed by atoms with Gasteiger partial charge in [0.2, 0.25) is 0 Å². The van der Waals surface area contributed by atoms with Crippen LogP contribution in [0.15, 0.2) is 0 Å². The summed E-state index contributed by atoms with van der Waals surface area (Å²) in [5.74, 6) is 0. The van der Waals surface area contributed by atoms with Crippen molar-refractivity contribution in [1.82, 2.24) is 15.3 Å². The first-order valence-electron chi connectivity index (χ1n) is 5.26. The summed E-state index contributed by atoms with van der Waals surface area (Å²) in [7, 11) is 1.63. The standard InChI is InChI=1S/C10H18ClN3O2/c1-4-14-9(10(11)8(2)13-14)7-12-16-6-5-15-3/h12H,4-7H2,1-3H3. The maximum atomic E-state index is 6.13. The second-order valence-corrected chi connectivity index (χ2v) is 3.70. The van der Waals surface area contributed by atoms with E-state index in [2.05, 4.69) is 10.6 Å². The van der Waals surface area contributed by atoms with Crippen molar-refractivity contribution in [3.8, 4) is 0 Å². The lowest BCUT2D eigenvalue weighted by Crippen LogP contribution is -2.19. The van der Waals surface area contributed by atoms with E-state index in [4.69, 9.17) is 21.2 Å². The summed E-state index contributed by atoms with van der Waals surface area (Å²) in [5.41, 5.74) is 4.63. The number of hydroxylamine groups is 1. The first-order chi connectivity index (χ1) is 7.70. The Morgan fingerprint density at radius 2 is 2.19 bits per heavy atom. The Bertz CT molecular complexity index is 328. The number of methoxy groups -OCH3 is 1. The summed E-state index contributed by atoms with van der Waals surface area (Å²) < 4.78 is 6.72. The number of nitrogens with zero attached hydrogens (tertiary/aromatic N) is 2. The van der Waals surface area contributed by atoms with Crippen LogP contribution in [0.4, 0.5) is 0 Å². The molecule has 6 heteroatoms. The molecule has 0 aliphatic rings. The first kappa shape index (κ1) is 13.4. The van der Waals surface area contributed by atoms with Crippen LogP contribution in [0.25, 0.3) is 0 Å². The second-order valence-electron chi connectivity index (χ2n) is 3.32. The summed E-state index contributed by atoms with van der Waals surface area (Å²) in [4.78, 5) is 5.17. The van der Waals surface area contributed by atoms with Crippen molar-refractivity contribution < 1.29 is 9.57 Å². The lowest BCUT2D eigenvalue weighted by atomic mass is 10.3. The summed E-state index contributed by atoms with van der Waals surface area (Å²) >= 11 is 6.13. The van der Waals surface area contributed by atoms with Gasteiger partial charge in [-0.15, -0.1) is 0 Å². The average molecular weight is 248 g/mol. The van der Waals surface area contributed by atoms with Crippen LogP contribution < -0.4 is 5.48 Å². The molecule has 0 radical (unpaired) electrons. The fourth-order valence-electron chi connectivity index (χ4n) is 1.35. The molecular weight excluding hydrogens is 230 g/mol. The van der Waals surface area contributed by atoms with E-state index in [0.29, 0.717) is 24.8 Å². The molecule has 0 aliphatic heterocycles. The maximum Gasteiger partial charge on any atom is 0.0916 e. The minimum atomic E-state index is 0.507. The van der Waals surface area contributed by atoms with Crippen molar-refractivity contribution >= 4 is 11.6 Å². The minimum absolute atomic E-state index is 0.507. The molecule has 1 aromatic heterocycles. The summed E-state index contributed by atoms with van der Waals surface area (Å²) in [6.45, 7) is 6.32. The van der Waals surface area contributed by atoms with Gasteiger partial charge in [0.15, 0.2) is 0 Å². The van der Waals surface area contributed by atoms with E-state index in [-0.39, 0.29) is 0 Å². The molecule has 0 bridgehead atoms. The van der Waals surface area contributed by atoms with Crippen molar-refractivity contribution in [2.75, 3.05) is 20.3 Å². The molecule has 0 amide bonds. The Morgan fingerprint density at radius 1 is 1.44 bits per heavy atom. The minimum Gasteiger partial charge on any atom is -0.382 e. The topological polar surface area (TPSA) is 48.3 Å². The highest BCUT2D eigenvalue weighted by Gasteiger charge is 2.11.